The molecule has 1 aliphatic heterocycles. The normalized spacial score (nSPS) is 12.3. The number of fused-ring (bicyclic) bond motifs is 1. The summed E-state index contributed by atoms with van der Waals surface area (Å²) in [6, 6.07) is 6.52. The third kappa shape index (κ3) is 4.43. The van der Waals surface area contributed by atoms with Crippen molar-refractivity contribution < 1.29 is 23.7 Å². The lowest BCUT2D eigenvalue weighted by molar-refractivity contribution is -0.114. The maximum absolute atomic E-state index is 12.3. The van der Waals surface area contributed by atoms with E-state index in [0.717, 1.165) is 0 Å². The number of rotatable bonds is 6. The maximum Gasteiger partial charge on any atom is 0.243 e. The van der Waals surface area contributed by atoms with E-state index in [1.807, 2.05) is 0 Å². The first-order chi connectivity index (χ1) is 13.0. The van der Waals surface area contributed by atoms with Gasteiger partial charge in [0.2, 0.25) is 5.91 Å². The van der Waals surface area contributed by atoms with Crippen LogP contribution < -0.4 is 29.6 Å². The van der Waals surface area contributed by atoms with E-state index < -0.39 is 0 Å². The Morgan fingerprint density at radius 3 is 2.30 bits per heavy atom. The van der Waals surface area contributed by atoms with Crippen LogP contribution in [0, 0.1) is 0 Å². The largest absolute Gasteiger partial charge is 0.495 e. The monoisotopic (exact) mass is 412 g/mol. The standard InChI is InChI=1S/C18H18Cl2N2O5/c1-24-14-8-15(25-2)13(5-11(14)20)22-18(23)9-21-12-7-17-16(6-10(12)19)26-3-4-27-17/h5-8,21H,3-4,9H2,1-2H3,(H,22,23). The summed E-state index contributed by atoms with van der Waals surface area (Å²) in [6.45, 7) is 0.920. The molecule has 0 saturated carbocycles. The average Bonchev–Trinajstić information content (AvgIpc) is 2.66. The molecular weight excluding hydrogens is 395 g/mol. The summed E-state index contributed by atoms with van der Waals surface area (Å²) >= 11 is 12.3. The number of carbonyl (C=O) groups is 1. The van der Waals surface area contributed by atoms with Crippen LogP contribution in [0.15, 0.2) is 24.3 Å². The van der Waals surface area contributed by atoms with Crippen molar-refractivity contribution in [2.45, 2.75) is 0 Å². The smallest absolute Gasteiger partial charge is 0.243 e. The van der Waals surface area contributed by atoms with Crippen molar-refractivity contribution in [3.05, 3.63) is 34.3 Å². The Bertz CT molecular complexity index is 860. The second-order valence-electron chi connectivity index (χ2n) is 5.56. The molecule has 9 heteroatoms. The fraction of sp³-hybridized carbons (Fsp3) is 0.278. The molecule has 0 bridgehead atoms. The number of methoxy groups -OCH3 is 2. The molecule has 0 atom stereocenters. The number of hydrogen-bond donors (Lipinski definition) is 2. The van der Waals surface area contributed by atoms with E-state index >= 15 is 0 Å². The second kappa shape index (κ2) is 8.45. The molecule has 2 N–H and O–H groups in total. The van der Waals surface area contributed by atoms with E-state index in [1.54, 1.807) is 24.3 Å². The maximum atomic E-state index is 12.3. The average molecular weight is 413 g/mol. The van der Waals surface area contributed by atoms with E-state index in [2.05, 4.69) is 10.6 Å². The Kier molecular flexibility index (Phi) is 6.03. The minimum Gasteiger partial charge on any atom is -0.495 e. The van der Waals surface area contributed by atoms with Crippen LogP contribution in [0.1, 0.15) is 0 Å². The molecule has 1 heterocycles. The van der Waals surface area contributed by atoms with Crippen LogP contribution in [0.2, 0.25) is 10.0 Å². The van der Waals surface area contributed by atoms with Crippen LogP contribution in [-0.4, -0.2) is 39.9 Å². The second-order valence-corrected chi connectivity index (χ2v) is 6.38. The van der Waals surface area contributed by atoms with Crippen molar-refractivity contribution >= 4 is 40.5 Å². The fourth-order valence-corrected chi connectivity index (χ4v) is 2.99. The first-order valence-corrected chi connectivity index (χ1v) is 8.81. The summed E-state index contributed by atoms with van der Waals surface area (Å²) in [4.78, 5) is 12.3. The van der Waals surface area contributed by atoms with Gasteiger partial charge in [-0.15, -0.1) is 0 Å². The van der Waals surface area contributed by atoms with Crippen LogP contribution in [-0.2, 0) is 4.79 Å². The number of carbonyl (C=O) groups excluding carboxylic acids is 1. The zero-order valence-corrected chi connectivity index (χ0v) is 16.2. The molecule has 27 heavy (non-hydrogen) atoms. The Hall–Kier alpha value is -2.51. The van der Waals surface area contributed by atoms with Gasteiger partial charge in [0.15, 0.2) is 11.5 Å². The number of nitrogens with one attached hydrogen (secondary N) is 2. The summed E-state index contributed by atoms with van der Waals surface area (Å²) in [5.74, 6) is 1.74. The quantitative estimate of drug-likeness (QED) is 0.750. The van der Waals surface area contributed by atoms with Gasteiger partial charge in [-0.25, -0.2) is 0 Å². The van der Waals surface area contributed by atoms with Crippen LogP contribution in [0.4, 0.5) is 11.4 Å². The number of anilines is 2. The molecule has 0 spiro atoms. The number of amides is 1. The molecule has 0 saturated heterocycles. The molecule has 0 fully saturated rings. The first-order valence-electron chi connectivity index (χ1n) is 8.06. The van der Waals surface area contributed by atoms with Gasteiger partial charge in [-0.05, 0) is 6.07 Å². The summed E-state index contributed by atoms with van der Waals surface area (Å²) in [7, 11) is 2.99. The Morgan fingerprint density at radius 1 is 0.963 bits per heavy atom. The Balaban J connectivity index is 1.68. The highest BCUT2D eigenvalue weighted by atomic mass is 35.5. The van der Waals surface area contributed by atoms with E-state index in [1.165, 1.54) is 14.2 Å². The topological polar surface area (TPSA) is 78.1 Å². The highest BCUT2D eigenvalue weighted by molar-refractivity contribution is 6.33. The predicted molar refractivity (Wildman–Crippen MR) is 104 cm³/mol. The van der Waals surface area contributed by atoms with Crippen LogP contribution >= 0.6 is 23.2 Å². The van der Waals surface area contributed by atoms with Gasteiger partial charge in [-0.1, -0.05) is 23.2 Å². The van der Waals surface area contributed by atoms with E-state index in [9.17, 15) is 4.79 Å². The molecule has 1 amide bonds. The highest BCUT2D eigenvalue weighted by Crippen LogP contribution is 2.38. The minimum atomic E-state index is -0.305. The summed E-state index contributed by atoms with van der Waals surface area (Å²) < 4.78 is 21.4. The third-order valence-electron chi connectivity index (χ3n) is 3.82. The van der Waals surface area contributed by atoms with Gasteiger partial charge in [-0.3, -0.25) is 4.79 Å². The van der Waals surface area contributed by atoms with Crippen molar-refractivity contribution in [1.29, 1.82) is 0 Å². The molecule has 0 aliphatic carbocycles. The van der Waals surface area contributed by atoms with Crippen LogP contribution in [0.3, 0.4) is 0 Å². The van der Waals surface area contributed by atoms with Gasteiger partial charge in [-0.2, -0.15) is 0 Å². The van der Waals surface area contributed by atoms with Gasteiger partial charge < -0.3 is 29.6 Å². The molecule has 144 valence electrons. The lowest BCUT2D eigenvalue weighted by Crippen LogP contribution is -2.22. The van der Waals surface area contributed by atoms with Crippen molar-refractivity contribution in [3.8, 4) is 23.0 Å². The van der Waals surface area contributed by atoms with E-state index in [4.69, 9.17) is 42.1 Å². The van der Waals surface area contributed by atoms with Gasteiger partial charge in [0.05, 0.1) is 42.2 Å². The van der Waals surface area contributed by atoms with Gasteiger partial charge in [0.1, 0.15) is 24.7 Å². The number of halogens is 2. The fourth-order valence-electron chi connectivity index (χ4n) is 2.53. The Labute approximate surface area is 166 Å². The first kappa shape index (κ1) is 19.3. The van der Waals surface area contributed by atoms with Gasteiger partial charge >= 0.3 is 0 Å². The van der Waals surface area contributed by atoms with Crippen molar-refractivity contribution in [1.82, 2.24) is 0 Å². The van der Waals surface area contributed by atoms with Crippen molar-refractivity contribution in [2.24, 2.45) is 0 Å². The number of benzene rings is 2. The Morgan fingerprint density at radius 2 is 1.63 bits per heavy atom. The molecule has 2 aromatic rings. The molecular formula is C18H18Cl2N2O5. The van der Waals surface area contributed by atoms with E-state index in [-0.39, 0.29) is 12.5 Å². The molecule has 3 rings (SSSR count). The number of hydrogen-bond acceptors (Lipinski definition) is 6. The zero-order valence-electron chi connectivity index (χ0n) is 14.7. The van der Waals surface area contributed by atoms with Crippen LogP contribution in [0.25, 0.3) is 0 Å². The summed E-state index contributed by atoms with van der Waals surface area (Å²) in [5, 5.41) is 6.51. The predicted octanol–water partition coefficient (Wildman–Crippen LogP) is 3.83. The molecule has 0 unspecified atom stereocenters. The molecule has 0 radical (unpaired) electrons. The zero-order chi connectivity index (χ0) is 19.4. The molecule has 2 aromatic carbocycles. The third-order valence-corrected chi connectivity index (χ3v) is 4.43. The summed E-state index contributed by atoms with van der Waals surface area (Å²) in [5.41, 5.74) is 0.999. The minimum absolute atomic E-state index is 0.0217. The highest BCUT2D eigenvalue weighted by Gasteiger charge is 2.16. The molecule has 0 aromatic heterocycles. The van der Waals surface area contributed by atoms with Gasteiger partial charge in [0.25, 0.3) is 0 Å². The number of ether oxygens (including phenoxy) is 4. The summed E-state index contributed by atoms with van der Waals surface area (Å²) in [6.07, 6.45) is 0. The lowest BCUT2D eigenvalue weighted by Gasteiger charge is -2.20. The van der Waals surface area contributed by atoms with Crippen LogP contribution in [0.5, 0.6) is 23.0 Å². The van der Waals surface area contributed by atoms with E-state index in [0.29, 0.717) is 57.6 Å². The molecule has 1 aliphatic rings. The van der Waals surface area contributed by atoms with Crippen molar-refractivity contribution in [3.63, 3.8) is 0 Å². The van der Waals surface area contributed by atoms with Gasteiger partial charge in [0, 0.05) is 18.2 Å². The molecule has 7 nitrogen and oxygen atoms in total. The lowest BCUT2D eigenvalue weighted by atomic mass is 10.2. The SMILES string of the molecule is COc1cc(OC)c(NC(=O)CNc2cc3c(cc2Cl)OCCO3)cc1Cl. The van der Waals surface area contributed by atoms with Crippen molar-refractivity contribution in [2.75, 3.05) is 44.6 Å².